The van der Waals surface area contributed by atoms with Crippen molar-refractivity contribution in [3.05, 3.63) is 87.0 Å². The van der Waals surface area contributed by atoms with Crippen LogP contribution in [-0.2, 0) is 0 Å². The van der Waals surface area contributed by atoms with Gasteiger partial charge in [0.25, 0.3) is 5.56 Å². The van der Waals surface area contributed by atoms with Crippen LogP contribution in [0.1, 0.15) is 18.7 Å². The normalized spacial score (nSPS) is 12.4. The van der Waals surface area contributed by atoms with Crippen molar-refractivity contribution in [2.45, 2.75) is 13.0 Å². The maximum Gasteiger partial charge on any atom is 0.263 e. The van der Waals surface area contributed by atoms with E-state index in [0.717, 1.165) is 0 Å². The van der Waals surface area contributed by atoms with E-state index in [9.17, 15) is 9.18 Å². The largest absolute Gasteiger partial charge is 0.360 e. The highest BCUT2D eigenvalue weighted by Crippen LogP contribution is 2.29. The van der Waals surface area contributed by atoms with Crippen molar-refractivity contribution < 1.29 is 4.39 Å². The molecule has 0 fully saturated rings. The molecule has 0 aliphatic heterocycles. The summed E-state index contributed by atoms with van der Waals surface area (Å²) in [5.41, 5.74) is 1.79. The molecule has 32 heavy (non-hydrogen) atoms. The second-order valence-electron chi connectivity index (χ2n) is 7.23. The highest BCUT2D eigenvalue weighted by Gasteiger charge is 2.20. The standard InChI is InChI=1S/C22H15Cl2FN6O/c1-11(30-21-19-20(27-9-26-19)28-10-29-21)18-6-12-2-4-14(25)8-15(12)22(32)31(18)17-5-3-13(23)7-16(17)24/h2-11H,1H3,(H2,26,27,28,29,30). The van der Waals surface area contributed by atoms with E-state index in [1.165, 1.54) is 29.4 Å². The Labute approximate surface area is 190 Å². The molecule has 0 aliphatic carbocycles. The minimum Gasteiger partial charge on any atom is -0.360 e. The molecule has 0 saturated heterocycles. The van der Waals surface area contributed by atoms with Gasteiger partial charge in [-0.15, -0.1) is 0 Å². The van der Waals surface area contributed by atoms with Crippen LogP contribution in [0, 0.1) is 5.82 Å². The topological polar surface area (TPSA) is 88.5 Å². The monoisotopic (exact) mass is 468 g/mol. The third kappa shape index (κ3) is 3.47. The molecular weight excluding hydrogens is 454 g/mol. The summed E-state index contributed by atoms with van der Waals surface area (Å²) in [4.78, 5) is 29.1. The van der Waals surface area contributed by atoms with E-state index in [-0.39, 0.29) is 5.39 Å². The highest BCUT2D eigenvalue weighted by atomic mass is 35.5. The van der Waals surface area contributed by atoms with Gasteiger partial charge in [-0.2, -0.15) is 0 Å². The molecule has 0 aliphatic rings. The van der Waals surface area contributed by atoms with Crippen molar-refractivity contribution in [3.8, 4) is 5.69 Å². The maximum atomic E-state index is 13.9. The zero-order valence-electron chi connectivity index (χ0n) is 16.6. The number of aromatic amines is 1. The summed E-state index contributed by atoms with van der Waals surface area (Å²) in [6.45, 7) is 1.88. The molecular formula is C22H15Cl2FN6O. The lowest BCUT2D eigenvalue weighted by Crippen LogP contribution is -2.26. The van der Waals surface area contributed by atoms with Crippen molar-refractivity contribution >= 4 is 51.0 Å². The molecule has 0 radical (unpaired) electrons. The van der Waals surface area contributed by atoms with Crippen LogP contribution in [0.3, 0.4) is 0 Å². The second kappa shape index (κ2) is 7.89. The number of fused-ring (bicyclic) bond motifs is 2. The van der Waals surface area contributed by atoms with E-state index in [0.29, 0.717) is 43.8 Å². The van der Waals surface area contributed by atoms with E-state index in [1.807, 2.05) is 13.0 Å². The van der Waals surface area contributed by atoms with Gasteiger partial charge in [-0.25, -0.2) is 19.3 Å². The molecule has 1 atom stereocenters. The lowest BCUT2D eigenvalue weighted by atomic mass is 10.1. The molecule has 5 aromatic rings. The third-order valence-corrected chi connectivity index (χ3v) is 5.71. The van der Waals surface area contributed by atoms with E-state index in [2.05, 4.69) is 25.3 Å². The molecule has 1 unspecified atom stereocenters. The van der Waals surface area contributed by atoms with Gasteiger partial charge in [0.2, 0.25) is 0 Å². The van der Waals surface area contributed by atoms with Gasteiger partial charge in [-0.3, -0.25) is 9.36 Å². The van der Waals surface area contributed by atoms with Crippen LogP contribution in [0.15, 0.2) is 59.9 Å². The fraction of sp³-hybridized carbons (Fsp3) is 0.0909. The Hall–Kier alpha value is -3.49. The molecule has 7 nitrogen and oxygen atoms in total. The number of nitrogens with zero attached hydrogens (tertiary/aromatic N) is 4. The van der Waals surface area contributed by atoms with Crippen molar-refractivity contribution in [3.63, 3.8) is 0 Å². The van der Waals surface area contributed by atoms with Crippen LogP contribution in [0.4, 0.5) is 10.2 Å². The first kappa shape index (κ1) is 20.4. The summed E-state index contributed by atoms with van der Waals surface area (Å²) in [6.07, 6.45) is 2.95. The van der Waals surface area contributed by atoms with Gasteiger partial charge in [-0.05, 0) is 48.7 Å². The number of halogens is 3. The zero-order chi connectivity index (χ0) is 22.4. The summed E-state index contributed by atoms with van der Waals surface area (Å²) in [7, 11) is 0. The van der Waals surface area contributed by atoms with Crippen LogP contribution in [-0.4, -0.2) is 24.5 Å². The Morgan fingerprint density at radius 2 is 1.94 bits per heavy atom. The fourth-order valence-electron chi connectivity index (χ4n) is 3.68. The van der Waals surface area contributed by atoms with E-state index < -0.39 is 17.4 Å². The first-order valence-corrected chi connectivity index (χ1v) is 10.4. The number of aromatic nitrogens is 5. The number of pyridine rings is 1. The molecule has 3 heterocycles. The predicted octanol–water partition coefficient (Wildman–Crippen LogP) is 5.28. The molecule has 0 saturated carbocycles. The molecule has 2 aromatic carbocycles. The van der Waals surface area contributed by atoms with E-state index >= 15 is 0 Å². The molecule has 0 bridgehead atoms. The van der Waals surface area contributed by atoms with Gasteiger partial charge < -0.3 is 10.3 Å². The number of rotatable bonds is 4. The molecule has 10 heteroatoms. The van der Waals surface area contributed by atoms with Crippen LogP contribution in [0.25, 0.3) is 27.6 Å². The van der Waals surface area contributed by atoms with Gasteiger partial charge in [0.05, 0.1) is 28.5 Å². The fourth-order valence-corrected chi connectivity index (χ4v) is 4.17. The number of benzene rings is 2. The predicted molar refractivity (Wildman–Crippen MR) is 123 cm³/mol. The molecule has 160 valence electrons. The Kier molecular flexibility index (Phi) is 5.03. The Morgan fingerprint density at radius 3 is 2.75 bits per heavy atom. The molecule has 0 spiro atoms. The molecule has 3 aromatic heterocycles. The zero-order valence-corrected chi connectivity index (χ0v) is 18.1. The number of anilines is 1. The second-order valence-corrected chi connectivity index (χ2v) is 8.07. The van der Waals surface area contributed by atoms with Crippen LogP contribution >= 0.6 is 23.2 Å². The Balaban J connectivity index is 1.73. The van der Waals surface area contributed by atoms with Gasteiger partial charge >= 0.3 is 0 Å². The summed E-state index contributed by atoms with van der Waals surface area (Å²) in [6, 6.07) is 10.4. The third-order valence-electron chi connectivity index (χ3n) is 5.18. The number of H-pyrrole nitrogens is 1. The quantitative estimate of drug-likeness (QED) is 0.374. The Bertz CT molecular complexity index is 1550. The Morgan fingerprint density at radius 1 is 1.09 bits per heavy atom. The number of hydrogen-bond acceptors (Lipinski definition) is 5. The smallest absolute Gasteiger partial charge is 0.263 e. The van der Waals surface area contributed by atoms with Gasteiger partial charge in [0, 0.05) is 10.7 Å². The van der Waals surface area contributed by atoms with Crippen LogP contribution < -0.4 is 10.9 Å². The summed E-state index contributed by atoms with van der Waals surface area (Å²) in [5, 5.41) is 4.87. The first-order valence-electron chi connectivity index (χ1n) is 9.63. The van der Waals surface area contributed by atoms with E-state index in [4.69, 9.17) is 23.2 Å². The number of hydrogen-bond donors (Lipinski definition) is 2. The van der Waals surface area contributed by atoms with Crippen LogP contribution in [0.5, 0.6) is 0 Å². The summed E-state index contributed by atoms with van der Waals surface area (Å²) < 4.78 is 15.4. The lowest BCUT2D eigenvalue weighted by Gasteiger charge is -2.22. The van der Waals surface area contributed by atoms with Gasteiger partial charge in [0.15, 0.2) is 11.5 Å². The summed E-state index contributed by atoms with van der Waals surface area (Å²) in [5.74, 6) is 0.00772. The maximum absolute atomic E-state index is 13.9. The van der Waals surface area contributed by atoms with Crippen molar-refractivity contribution in [2.24, 2.45) is 0 Å². The summed E-state index contributed by atoms with van der Waals surface area (Å²) >= 11 is 12.5. The average molecular weight is 469 g/mol. The first-order chi connectivity index (χ1) is 15.4. The minimum atomic E-state index is -0.496. The SMILES string of the molecule is CC(Nc1ncnc2[nH]cnc12)c1cc2ccc(F)cc2c(=O)n1-c1ccc(Cl)cc1Cl. The van der Waals surface area contributed by atoms with Crippen molar-refractivity contribution in [2.75, 3.05) is 5.32 Å². The van der Waals surface area contributed by atoms with Crippen molar-refractivity contribution in [1.82, 2.24) is 24.5 Å². The molecule has 0 amide bonds. The highest BCUT2D eigenvalue weighted by molar-refractivity contribution is 6.35. The molecule has 5 rings (SSSR count). The van der Waals surface area contributed by atoms with E-state index in [1.54, 1.807) is 24.3 Å². The van der Waals surface area contributed by atoms with Crippen LogP contribution in [0.2, 0.25) is 10.0 Å². The lowest BCUT2D eigenvalue weighted by molar-refractivity contribution is 0.629. The average Bonchev–Trinajstić information content (AvgIpc) is 3.25. The van der Waals surface area contributed by atoms with Crippen molar-refractivity contribution in [1.29, 1.82) is 0 Å². The minimum absolute atomic E-state index is 0.240. The number of nitrogens with one attached hydrogen (secondary N) is 2. The van der Waals surface area contributed by atoms with Gasteiger partial charge in [-0.1, -0.05) is 29.3 Å². The van der Waals surface area contributed by atoms with Gasteiger partial charge in [0.1, 0.15) is 17.7 Å². The number of imidazole rings is 1. The molecule has 2 N–H and O–H groups in total.